The van der Waals surface area contributed by atoms with E-state index in [1.807, 2.05) is 6.92 Å². The Balaban J connectivity index is 2.35. The van der Waals surface area contributed by atoms with Gasteiger partial charge in [-0.15, -0.1) is 0 Å². The molecular formula is C25H30O5. The first-order chi connectivity index (χ1) is 15.0. The third kappa shape index (κ3) is 8.11. The first kappa shape index (κ1) is 20.2. The van der Waals surface area contributed by atoms with Crippen LogP contribution < -0.4 is 4.74 Å². The fourth-order valence-corrected chi connectivity index (χ4v) is 2.40. The van der Waals surface area contributed by atoms with Crippen LogP contribution in [-0.4, -0.2) is 24.1 Å². The lowest BCUT2D eigenvalue weighted by molar-refractivity contribution is -0.137. The second kappa shape index (κ2) is 11.2. The molecule has 0 heterocycles. The molecule has 30 heavy (non-hydrogen) atoms. The van der Waals surface area contributed by atoms with Gasteiger partial charge < -0.3 is 14.2 Å². The summed E-state index contributed by atoms with van der Waals surface area (Å²) in [5.41, 5.74) is -0.0707. The van der Waals surface area contributed by atoms with E-state index in [1.54, 1.807) is 57.2 Å². The van der Waals surface area contributed by atoms with Crippen LogP contribution in [0.4, 0.5) is 0 Å². The van der Waals surface area contributed by atoms with Gasteiger partial charge in [-0.3, -0.25) is 0 Å². The Morgan fingerprint density at radius 1 is 1.10 bits per heavy atom. The monoisotopic (exact) mass is 412 g/mol. The molecule has 0 unspecified atom stereocenters. The lowest BCUT2D eigenvalue weighted by atomic mass is 10.0. The maximum atomic E-state index is 12.8. The van der Waals surface area contributed by atoms with Gasteiger partial charge in [0.05, 0.1) is 14.9 Å². The molecule has 5 nitrogen and oxygen atoms in total. The van der Waals surface area contributed by atoms with Gasteiger partial charge in [-0.05, 0) is 62.6 Å². The zero-order valence-electron chi connectivity index (χ0n) is 19.9. The van der Waals surface area contributed by atoms with Crippen LogP contribution in [0.1, 0.15) is 64.8 Å². The molecule has 2 rings (SSSR count). The van der Waals surface area contributed by atoms with Crippen LogP contribution in [-0.2, 0) is 20.8 Å². The summed E-state index contributed by atoms with van der Waals surface area (Å²) < 4.78 is 32.8. The molecule has 2 aromatic rings. The zero-order chi connectivity index (χ0) is 23.8. The fourth-order valence-electron chi connectivity index (χ4n) is 2.40. The number of hydrogen-bond donors (Lipinski definition) is 0. The molecule has 0 bridgehead atoms. The van der Waals surface area contributed by atoms with Crippen molar-refractivity contribution in [3.63, 3.8) is 0 Å². The van der Waals surface area contributed by atoms with Gasteiger partial charge >= 0.3 is 11.9 Å². The predicted molar refractivity (Wildman–Crippen MR) is 117 cm³/mol. The first-order valence-corrected chi connectivity index (χ1v) is 9.98. The van der Waals surface area contributed by atoms with E-state index in [2.05, 4.69) is 0 Å². The first-order valence-electron chi connectivity index (χ1n) is 11.0. The summed E-state index contributed by atoms with van der Waals surface area (Å²) in [6.45, 7) is 5.36. The smallest absolute Gasteiger partial charge is 0.339 e. The van der Waals surface area contributed by atoms with E-state index in [-0.39, 0.29) is 11.1 Å². The number of rotatable bonds is 9. The van der Waals surface area contributed by atoms with Crippen molar-refractivity contribution in [2.45, 2.75) is 52.7 Å². The van der Waals surface area contributed by atoms with E-state index in [0.29, 0.717) is 17.9 Å². The van der Waals surface area contributed by atoms with Gasteiger partial charge in [-0.1, -0.05) is 43.7 Å². The van der Waals surface area contributed by atoms with E-state index >= 15 is 0 Å². The minimum Gasteiger partial charge on any atom is -0.489 e. The number of unbranched alkanes of at least 4 members (excludes halogenated alkanes) is 1. The Bertz CT molecular complexity index is 947. The van der Waals surface area contributed by atoms with Crippen molar-refractivity contribution in [1.29, 1.82) is 0 Å². The minimum atomic E-state index is -2.19. The fraction of sp³-hybridized carbons (Fsp3) is 0.360. The molecular weight excluding hydrogens is 380 g/mol. The molecule has 0 aliphatic heterocycles. The molecule has 0 amide bonds. The maximum absolute atomic E-state index is 12.8. The number of carbonyl (C=O) groups excluding carboxylic acids is 2. The summed E-state index contributed by atoms with van der Waals surface area (Å²) in [5.74, 6) is -0.788. The van der Waals surface area contributed by atoms with Crippen LogP contribution in [0.25, 0.3) is 6.08 Å². The average molecular weight is 413 g/mol. The van der Waals surface area contributed by atoms with E-state index in [9.17, 15) is 9.59 Å². The third-order valence-corrected chi connectivity index (χ3v) is 3.84. The van der Waals surface area contributed by atoms with Gasteiger partial charge in [-0.25, -0.2) is 9.59 Å². The average Bonchev–Trinajstić information content (AvgIpc) is 2.71. The molecule has 0 saturated carbocycles. The van der Waals surface area contributed by atoms with Crippen LogP contribution in [0.3, 0.4) is 0 Å². The highest BCUT2D eigenvalue weighted by molar-refractivity contribution is 5.96. The maximum Gasteiger partial charge on any atom is 0.339 e. The molecule has 160 valence electrons. The lowest BCUT2D eigenvalue weighted by Crippen LogP contribution is -2.24. The zero-order valence-corrected chi connectivity index (χ0v) is 17.9. The molecule has 0 aliphatic rings. The summed E-state index contributed by atoms with van der Waals surface area (Å²) in [6.07, 6.45) is 4.39. The SMILES string of the molecule is [2H]C([2H])(Oc1ccccc1)c1ccc(/C=C/C(=O)OCCCC)c(C(=O)OC(C)(C)C)c1. The third-order valence-electron chi connectivity index (χ3n) is 3.84. The highest BCUT2D eigenvalue weighted by Gasteiger charge is 2.20. The van der Waals surface area contributed by atoms with E-state index < -0.39 is 24.1 Å². The molecule has 0 radical (unpaired) electrons. The van der Waals surface area contributed by atoms with Crippen molar-refractivity contribution in [3.05, 3.63) is 71.3 Å². The van der Waals surface area contributed by atoms with Crippen LogP contribution >= 0.6 is 0 Å². The van der Waals surface area contributed by atoms with Crippen molar-refractivity contribution in [3.8, 4) is 5.75 Å². The van der Waals surface area contributed by atoms with Gasteiger partial charge in [0.25, 0.3) is 0 Å². The highest BCUT2D eigenvalue weighted by atomic mass is 16.6. The largest absolute Gasteiger partial charge is 0.489 e. The second-order valence-electron chi connectivity index (χ2n) is 7.68. The van der Waals surface area contributed by atoms with Crippen molar-refractivity contribution >= 4 is 18.0 Å². The Kier molecular flexibility index (Phi) is 7.54. The molecule has 2 aromatic carbocycles. The molecule has 0 saturated heterocycles. The summed E-state index contributed by atoms with van der Waals surface area (Å²) >= 11 is 0. The molecule has 0 N–H and O–H groups in total. The van der Waals surface area contributed by atoms with E-state index in [0.717, 1.165) is 12.8 Å². The lowest BCUT2D eigenvalue weighted by Gasteiger charge is -2.20. The molecule has 0 fully saturated rings. The summed E-state index contributed by atoms with van der Waals surface area (Å²) in [7, 11) is 0. The number of carbonyl (C=O) groups is 2. The summed E-state index contributed by atoms with van der Waals surface area (Å²) in [5, 5.41) is 0. The predicted octanol–water partition coefficient (Wildman–Crippen LogP) is 5.58. The molecule has 0 aromatic heterocycles. The normalized spacial score (nSPS) is 12.8. The van der Waals surface area contributed by atoms with Gasteiger partial charge in [0.1, 0.15) is 17.9 Å². The topological polar surface area (TPSA) is 61.8 Å². The Morgan fingerprint density at radius 3 is 2.50 bits per heavy atom. The molecule has 0 aliphatic carbocycles. The number of hydrogen-bond acceptors (Lipinski definition) is 5. The quantitative estimate of drug-likeness (QED) is 0.306. The summed E-state index contributed by atoms with van der Waals surface area (Å²) in [6, 6.07) is 13.0. The van der Waals surface area contributed by atoms with Crippen LogP contribution in [0.15, 0.2) is 54.6 Å². The second-order valence-corrected chi connectivity index (χ2v) is 7.68. The number of benzene rings is 2. The number of ether oxygens (including phenoxy) is 3. The minimum absolute atomic E-state index is 0.121. The Morgan fingerprint density at radius 2 is 1.83 bits per heavy atom. The van der Waals surface area contributed by atoms with Gasteiger partial charge in [0, 0.05) is 6.08 Å². The van der Waals surface area contributed by atoms with Gasteiger partial charge in [-0.2, -0.15) is 0 Å². The van der Waals surface area contributed by atoms with E-state index in [1.165, 1.54) is 24.3 Å². The summed E-state index contributed by atoms with van der Waals surface area (Å²) in [4.78, 5) is 24.8. The van der Waals surface area contributed by atoms with Crippen molar-refractivity contribution in [1.82, 2.24) is 0 Å². The van der Waals surface area contributed by atoms with Crippen molar-refractivity contribution < 1.29 is 26.5 Å². The van der Waals surface area contributed by atoms with Crippen molar-refractivity contribution in [2.75, 3.05) is 6.61 Å². The number of para-hydroxylation sites is 1. The standard InChI is InChI=1S/C25H30O5/c1-5-6-16-28-23(26)15-14-20-13-12-19(18-29-21-10-8-7-9-11-21)17-22(20)24(27)30-25(2,3)4/h7-15,17H,5-6,16,18H2,1-4H3/b15-14+/i18D2. The molecule has 0 atom stereocenters. The molecule has 5 heteroatoms. The molecule has 0 spiro atoms. The number of esters is 2. The Hall–Kier alpha value is -3.08. The van der Waals surface area contributed by atoms with Crippen molar-refractivity contribution in [2.24, 2.45) is 0 Å². The van der Waals surface area contributed by atoms with Gasteiger partial charge in [0.15, 0.2) is 0 Å². The van der Waals surface area contributed by atoms with Gasteiger partial charge in [0.2, 0.25) is 0 Å². The Labute approximate surface area is 181 Å². The van der Waals surface area contributed by atoms with Crippen LogP contribution in [0, 0.1) is 0 Å². The van der Waals surface area contributed by atoms with E-state index in [4.69, 9.17) is 17.0 Å². The van der Waals surface area contributed by atoms with Crippen LogP contribution in [0.2, 0.25) is 0 Å². The highest BCUT2D eigenvalue weighted by Crippen LogP contribution is 2.20. The van der Waals surface area contributed by atoms with Crippen LogP contribution in [0.5, 0.6) is 5.75 Å².